The maximum Gasteiger partial charge on any atom is 0.325 e. The van der Waals surface area contributed by atoms with Gasteiger partial charge in [0.1, 0.15) is 18.1 Å². The number of nitrogens with two attached hydrogens (primary N) is 1. The topological polar surface area (TPSA) is 171 Å². The van der Waals surface area contributed by atoms with E-state index in [1.165, 1.54) is 13.8 Å². The van der Waals surface area contributed by atoms with Crippen LogP contribution in [-0.2, 0) is 19.2 Å². The SMILES string of the molecule is CCC(C)C(N)C(=O)NC(C(=O)NC(CS)C(=O)NC(C)C(=O)O)C(C)O. The Hall–Kier alpha value is -1.85. The van der Waals surface area contributed by atoms with Crippen LogP contribution in [0.4, 0.5) is 0 Å². The predicted octanol–water partition coefficient (Wildman–Crippen LogP) is -1.77. The van der Waals surface area contributed by atoms with Crippen LogP contribution in [0.5, 0.6) is 0 Å². The predicted molar refractivity (Wildman–Crippen MR) is 102 cm³/mol. The first kappa shape index (κ1) is 25.1. The summed E-state index contributed by atoms with van der Waals surface area (Å²) in [5, 5.41) is 25.6. The number of nitrogens with one attached hydrogen (secondary N) is 3. The molecule has 6 unspecified atom stereocenters. The van der Waals surface area contributed by atoms with Crippen LogP contribution in [0.2, 0.25) is 0 Å². The lowest BCUT2D eigenvalue weighted by Crippen LogP contribution is -2.60. The average molecular weight is 407 g/mol. The molecule has 0 rings (SSSR count). The second kappa shape index (κ2) is 11.8. The van der Waals surface area contributed by atoms with E-state index in [1.807, 2.05) is 6.92 Å². The first-order valence-electron chi connectivity index (χ1n) is 8.64. The van der Waals surface area contributed by atoms with Crippen molar-refractivity contribution in [3.05, 3.63) is 0 Å². The molecule has 0 bridgehead atoms. The Morgan fingerprint density at radius 2 is 1.56 bits per heavy atom. The number of aliphatic hydroxyl groups excluding tert-OH is 1. The van der Waals surface area contributed by atoms with Crippen molar-refractivity contribution >= 4 is 36.3 Å². The van der Waals surface area contributed by atoms with Crippen LogP contribution in [0, 0.1) is 5.92 Å². The number of rotatable bonds is 11. The quantitative estimate of drug-likeness (QED) is 0.199. The average Bonchev–Trinajstić information content (AvgIpc) is 2.61. The standard InChI is InChI=1S/C16H30N4O6S/c1-5-7(2)11(17)14(23)20-12(9(4)21)15(24)19-10(6-27)13(22)18-8(3)16(25)26/h7-12,21,27H,5-6,17H2,1-4H3,(H,18,22)(H,19,24)(H,20,23)(H,25,26). The summed E-state index contributed by atoms with van der Waals surface area (Å²) in [6.07, 6.45) is -0.594. The molecule has 0 saturated heterocycles. The summed E-state index contributed by atoms with van der Waals surface area (Å²) in [5.74, 6) is -3.64. The van der Waals surface area contributed by atoms with E-state index in [0.717, 1.165) is 0 Å². The molecule has 0 aromatic heterocycles. The molecule has 0 radical (unpaired) electrons. The third kappa shape index (κ3) is 8.14. The number of hydrogen-bond donors (Lipinski definition) is 7. The van der Waals surface area contributed by atoms with E-state index >= 15 is 0 Å². The molecule has 6 atom stereocenters. The minimum Gasteiger partial charge on any atom is -0.480 e. The molecule has 3 amide bonds. The van der Waals surface area contributed by atoms with Gasteiger partial charge in [-0.1, -0.05) is 20.3 Å². The number of aliphatic hydroxyl groups is 1. The van der Waals surface area contributed by atoms with Crippen LogP contribution in [-0.4, -0.2) is 69.9 Å². The molecule has 0 heterocycles. The van der Waals surface area contributed by atoms with Gasteiger partial charge >= 0.3 is 5.97 Å². The Kier molecular flexibility index (Phi) is 11.0. The van der Waals surface area contributed by atoms with Gasteiger partial charge in [-0.3, -0.25) is 19.2 Å². The molecular formula is C16H30N4O6S. The normalized spacial score (nSPS) is 17.6. The molecule has 156 valence electrons. The number of carboxylic acid groups (broad SMARTS) is 1. The molecule has 10 nitrogen and oxygen atoms in total. The highest BCUT2D eigenvalue weighted by Gasteiger charge is 2.32. The van der Waals surface area contributed by atoms with Gasteiger partial charge in [-0.25, -0.2) is 0 Å². The Labute approximate surface area is 164 Å². The molecular weight excluding hydrogens is 376 g/mol. The van der Waals surface area contributed by atoms with E-state index in [2.05, 4.69) is 28.6 Å². The van der Waals surface area contributed by atoms with Crippen LogP contribution in [0.1, 0.15) is 34.1 Å². The summed E-state index contributed by atoms with van der Waals surface area (Å²) in [7, 11) is 0. The molecule has 0 aliphatic heterocycles. The minimum atomic E-state index is -1.33. The Morgan fingerprint density at radius 3 is 1.96 bits per heavy atom. The van der Waals surface area contributed by atoms with Crippen molar-refractivity contribution in [3.63, 3.8) is 0 Å². The highest BCUT2D eigenvalue weighted by Crippen LogP contribution is 2.06. The van der Waals surface area contributed by atoms with Crippen molar-refractivity contribution in [1.29, 1.82) is 0 Å². The van der Waals surface area contributed by atoms with Crippen molar-refractivity contribution < 1.29 is 29.4 Å². The van der Waals surface area contributed by atoms with Gasteiger partial charge < -0.3 is 31.9 Å². The number of carbonyl (C=O) groups is 4. The number of amides is 3. The summed E-state index contributed by atoms with van der Waals surface area (Å²) in [6, 6.07) is -4.49. The van der Waals surface area contributed by atoms with E-state index in [-0.39, 0.29) is 11.7 Å². The van der Waals surface area contributed by atoms with Crippen LogP contribution >= 0.6 is 12.6 Å². The molecule has 0 spiro atoms. The zero-order chi connectivity index (χ0) is 21.3. The highest BCUT2D eigenvalue weighted by atomic mass is 32.1. The molecule has 0 aliphatic rings. The number of carbonyl (C=O) groups excluding carboxylic acids is 3. The molecule has 27 heavy (non-hydrogen) atoms. The van der Waals surface area contributed by atoms with Crippen molar-refractivity contribution in [2.75, 3.05) is 5.75 Å². The maximum absolute atomic E-state index is 12.4. The van der Waals surface area contributed by atoms with E-state index in [4.69, 9.17) is 10.8 Å². The van der Waals surface area contributed by atoms with Gasteiger partial charge in [0.15, 0.2) is 0 Å². The number of hydrogen-bond acceptors (Lipinski definition) is 7. The third-order valence-corrected chi connectivity index (χ3v) is 4.53. The zero-order valence-corrected chi connectivity index (χ0v) is 16.8. The molecule has 0 fully saturated rings. The fourth-order valence-corrected chi connectivity index (χ4v) is 2.26. The van der Waals surface area contributed by atoms with E-state index in [9.17, 15) is 24.3 Å². The first-order valence-corrected chi connectivity index (χ1v) is 9.27. The Bertz CT molecular complexity index is 545. The van der Waals surface area contributed by atoms with E-state index in [0.29, 0.717) is 6.42 Å². The smallest absolute Gasteiger partial charge is 0.325 e. The van der Waals surface area contributed by atoms with Gasteiger partial charge in [-0.05, 0) is 19.8 Å². The maximum atomic E-state index is 12.4. The van der Waals surface area contributed by atoms with E-state index < -0.39 is 54.0 Å². The number of carboxylic acids is 1. The summed E-state index contributed by atoms with van der Waals surface area (Å²) in [6.45, 7) is 6.23. The fraction of sp³-hybridized carbons (Fsp3) is 0.750. The molecule has 0 aromatic carbocycles. The van der Waals surface area contributed by atoms with Crippen LogP contribution in [0.25, 0.3) is 0 Å². The highest BCUT2D eigenvalue weighted by molar-refractivity contribution is 7.80. The van der Waals surface area contributed by atoms with Crippen molar-refractivity contribution in [3.8, 4) is 0 Å². The number of thiol groups is 1. The lowest BCUT2D eigenvalue weighted by Gasteiger charge is -2.26. The molecule has 0 aliphatic carbocycles. The summed E-state index contributed by atoms with van der Waals surface area (Å²) >= 11 is 3.97. The minimum absolute atomic E-state index is 0.114. The van der Waals surface area contributed by atoms with Gasteiger partial charge in [0.25, 0.3) is 0 Å². The lowest BCUT2D eigenvalue weighted by molar-refractivity contribution is -0.141. The molecule has 11 heteroatoms. The fourth-order valence-electron chi connectivity index (χ4n) is 2.00. The Morgan fingerprint density at radius 1 is 1.00 bits per heavy atom. The van der Waals surface area contributed by atoms with Crippen molar-refractivity contribution in [2.45, 2.75) is 64.4 Å². The van der Waals surface area contributed by atoms with Gasteiger partial charge in [0.2, 0.25) is 17.7 Å². The van der Waals surface area contributed by atoms with Gasteiger partial charge in [-0.15, -0.1) is 0 Å². The second-order valence-corrected chi connectivity index (χ2v) is 6.82. The summed E-state index contributed by atoms with van der Waals surface area (Å²) < 4.78 is 0. The van der Waals surface area contributed by atoms with Gasteiger partial charge in [0.05, 0.1) is 12.1 Å². The van der Waals surface area contributed by atoms with Crippen molar-refractivity contribution in [1.82, 2.24) is 16.0 Å². The summed E-state index contributed by atoms with van der Waals surface area (Å²) in [4.78, 5) is 47.5. The van der Waals surface area contributed by atoms with Crippen LogP contribution in [0.15, 0.2) is 0 Å². The molecule has 0 saturated carbocycles. The van der Waals surface area contributed by atoms with Crippen molar-refractivity contribution in [2.24, 2.45) is 11.7 Å². The summed E-state index contributed by atoms with van der Waals surface area (Å²) in [5.41, 5.74) is 5.82. The van der Waals surface area contributed by atoms with E-state index in [1.54, 1.807) is 6.92 Å². The Balaban J connectivity index is 5.07. The third-order valence-electron chi connectivity index (χ3n) is 4.17. The second-order valence-electron chi connectivity index (χ2n) is 6.45. The first-order chi connectivity index (χ1) is 12.5. The monoisotopic (exact) mass is 406 g/mol. The largest absolute Gasteiger partial charge is 0.480 e. The van der Waals surface area contributed by atoms with Crippen LogP contribution in [0.3, 0.4) is 0 Å². The van der Waals surface area contributed by atoms with Gasteiger partial charge in [0, 0.05) is 5.75 Å². The number of aliphatic carboxylic acids is 1. The van der Waals surface area contributed by atoms with Crippen LogP contribution < -0.4 is 21.7 Å². The lowest BCUT2D eigenvalue weighted by atomic mass is 9.98. The zero-order valence-electron chi connectivity index (χ0n) is 15.9. The van der Waals surface area contributed by atoms with Gasteiger partial charge in [-0.2, -0.15) is 12.6 Å². The molecule has 7 N–H and O–H groups in total. The molecule has 0 aromatic rings.